The molecule has 2 saturated heterocycles. The fourth-order valence-corrected chi connectivity index (χ4v) is 4.90. The van der Waals surface area contributed by atoms with Crippen LogP contribution < -0.4 is 21.7 Å². The monoisotopic (exact) mass is 485 g/mol. The summed E-state index contributed by atoms with van der Waals surface area (Å²) in [7, 11) is 0. The van der Waals surface area contributed by atoms with Crippen molar-refractivity contribution in [2.24, 2.45) is 5.73 Å². The smallest absolute Gasteiger partial charge is 0.246 e. The summed E-state index contributed by atoms with van der Waals surface area (Å²) in [5.74, 6) is -1.98. The molecule has 10 heteroatoms. The Morgan fingerprint density at radius 2 is 1.77 bits per heavy atom. The highest BCUT2D eigenvalue weighted by Gasteiger charge is 2.44. The molecule has 10 nitrogen and oxygen atoms in total. The molecule has 3 rings (SSSR count). The van der Waals surface area contributed by atoms with Crippen molar-refractivity contribution >= 4 is 29.5 Å². The lowest BCUT2D eigenvalue weighted by atomic mass is 9.99. The van der Waals surface area contributed by atoms with Gasteiger partial charge in [0, 0.05) is 25.9 Å². The van der Waals surface area contributed by atoms with E-state index in [0.29, 0.717) is 19.3 Å². The van der Waals surface area contributed by atoms with Crippen molar-refractivity contribution in [3.8, 4) is 0 Å². The van der Waals surface area contributed by atoms with Gasteiger partial charge in [0.05, 0.1) is 0 Å². The third-order valence-corrected chi connectivity index (χ3v) is 6.64. The number of nitrogens with zero attached hydrogens (tertiary/aromatic N) is 1. The van der Waals surface area contributed by atoms with Crippen molar-refractivity contribution in [1.29, 1.82) is 0 Å². The van der Waals surface area contributed by atoms with Gasteiger partial charge < -0.3 is 26.6 Å². The Morgan fingerprint density at radius 1 is 1.06 bits per heavy atom. The molecule has 0 radical (unpaired) electrons. The summed E-state index contributed by atoms with van der Waals surface area (Å²) >= 11 is 0. The van der Waals surface area contributed by atoms with Crippen LogP contribution in [0.3, 0.4) is 0 Å². The second-order valence-electron chi connectivity index (χ2n) is 9.30. The molecule has 1 aromatic rings. The molecule has 2 heterocycles. The lowest BCUT2D eigenvalue weighted by molar-refractivity contribution is -0.144. The van der Waals surface area contributed by atoms with E-state index in [-0.39, 0.29) is 37.2 Å². The Bertz CT molecular complexity index is 937. The third kappa shape index (κ3) is 7.27. The summed E-state index contributed by atoms with van der Waals surface area (Å²) in [5.41, 5.74) is 6.18. The van der Waals surface area contributed by atoms with Crippen LogP contribution in [0.2, 0.25) is 0 Å². The topological polar surface area (TPSA) is 151 Å². The molecular formula is C25H35N5O5. The maximum atomic E-state index is 13.3. The maximum Gasteiger partial charge on any atom is 0.246 e. The highest BCUT2D eigenvalue weighted by molar-refractivity contribution is 5.95. The van der Waals surface area contributed by atoms with E-state index in [2.05, 4.69) is 16.0 Å². The molecule has 1 aromatic carbocycles. The van der Waals surface area contributed by atoms with Crippen molar-refractivity contribution in [3.05, 3.63) is 35.9 Å². The van der Waals surface area contributed by atoms with Crippen LogP contribution in [0, 0.1) is 0 Å². The average molecular weight is 486 g/mol. The van der Waals surface area contributed by atoms with Crippen LogP contribution in [-0.2, 0) is 30.5 Å². The predicted molar refractivity (Wildman–Crippen MR) is 128 cm³/mol. The summed E-state index contributed by atoms with van der Waals surface area (Å²) < 4.78 is 0. The van der Waals surface area contributed by atoms with Gasteiger partial charge >= 0.3 is 0 Å². The van der Waals surface area contributed by atoms with Crippen molar-refractivity contribution < 1.29 is 24.0 Å². The van der Waals surface area contributed by atoms with E-state index in [1.807, 2.05) is 30.3 Å². The molecule has 0 aliphatic carbocycles. The summed E-state index contributed by atoms with van der Waals surface area (Å²) in [5, 5.41) is 8.27. The fraction of sp³-hybridized carbons (Fsp3) is 0.560. The number of carbonyl (C=O) groups is 5. The molecule has 4 atom stereocenters. The van der Waals surface area contributed by atoms with Crippen LogP contribution in [0.15, 0.2) is 30.3 Å². The highest BCUT2D eigenvalue weighted by atomic mass is 16.2. The van der Waals surface area contributed by atoms with E-state index in [9.17, 15) is 24.0 Å². The van der Waals surface area contributed by atoms with Gasteiger partial charge in [-0.05, 0) is 37.7 Å². The van der Waals surface area contributed by atoms with Crippen molar-refractivity contribution in [2.75, 3.05) is 0 Å². The summed E-state index contributed by atoms with van der Waals surface area (Å²) in [4.78, 5) is 64.1. The van der Waals surface area contributed by atoms with Gasteiger partial charge in [0.15, 0.2) is 0 Å². The Kier molecular flexibility index (Phi) is 9.22. The number of amides is 5. The first-order valence-corrected chi connectivity index (χ1v) is 12.3. The van der Waals surface area contributed by atoms with Crippen molar-refractivity contribution in [3.63, 3.8) is 0 Å². The van der Waals surface area contributed by atoms with Gasteiger partial charge in [0.1, 0.15) is 18.1 Å². The van der Waals surface area contributed by atoms with Crippen LogP contribution in [0.4, 0.5) is 0 Å². The van der Waals surface area contributed by atoms with Gasteiger partial charge in [-0.25, -0.2) is 0 Å². The highest BCUT2D eigenvalue weighted by Crippen LogP contribution is 2.31. The van der Waals surface area contributed by atoms with Gasteiger partial charge in [0.2, 0.25) is 29.5 Å². The molecule has 0 saturated carbocycles. The number of hydrogen-bond acceptors (Lipinski definition) is 5. The predicted octanol–water partition coefficient (Wildman–Crippen LogP) is 0.491. The second kappa shape index (κ2) is 12.3. The molecule has 5 amide bonds. The largest absolute Gasteiger partial charge is 0.370 e. The minimum Gasteiger partial charge on any atom is -0.370 e. The molecular weight excluding hydrogens is 450 g/mol. The summed E-state index contributed by atoms with van der Waals surface area (Å²) in [6.07, 6.45) is 4.21. The average Bonchev–Trinajstić information content (AvgIpc) is 3.24. The number of rotatable bonds is 9. The first-order valence-electron chi connectivity index (χ1n) is 12.3. The molecule has 1 unspecified atom stereocenters. The number of carbonyl (C=O) groups excluding carboxylic acids is 5. The molecule has 35 heavy (non-hydrogen) atoms. The van der Waals surface area contributed by atoms with Crippen LogP contribution >= 0.6 is 0 Å². The SMILES string of the molecule is CC(=O)N[C@H]1CCCCC2CC[C@@H](C(=O)N[C@@H](CCC(N)=O)C(=O)NCc3ccccc3)N2C1=O. The molecule has 2 aliphatic rings. The quantitative estimate of drug-likeness (QED) is 0.401. The van der Waals surface area contributed by atoms with Gasteiger partial charge in [0.25, 0.3) is 0 Å². The lowest BCUT2D eigenvalue weighted by Crippen LogP contribution is -2.58. The van der Waals surface area contributed by atoms with Gasteiger partial charge in [-0.15, -0.1) is 0 Å². The number of nitrogens with one attached hydrogen (secondary N) is 3. The maximum absolute atomic E-state index is 13.3. The molecule has 0 aromatic heterocycles. The van der Waals surface area contributed by atoms with Gasteiger partial charge in [-0.1, -0.05) is 43.2 Å². The minimum absolute atomic E-state index is 0.0559. The Hall–Kier alpha value is -3.43. The second-order valence-corrected chi connectivity index (χ2v) is 9.30. The first-order chi connectivity index (χ1) is 16.8. The zero-order valence-electron chi connectivity index (χ0n) is 20.1. The third-order valence-electron chi connectivity index (χ3n) is 6.64. The molecule has 2 fully saturated rings. The first kappa shape index (κ1) is 26.2. The van der Waals surface area contributed by atoms with E-state index >= 15 is 0 Å². The minimum atomic E-state index is -0.964. The Balaban J connectivity index is 1.70. The van der Waals surface area contributed by atoms with Crippen molar-refractivity contribution in [2.45, 2.75) is 89.0 Å². The summed E-state index contributed by atoms with van der Waals surface area (Å²) in [6.45, 7) is 1.65. The number of primary amides is 1. The van der Waals surface area contributed by atoms with E-state index < -0.39 is 35.8 Å². The zero-order valence-corrected chi connectivity index (χ0v) is 20.1. The van der Waals surface area contributed by atoms with E-state index in [0.717, 1.165) is 24.8 Å². The standard InChI is InChI=1S/C25H35N5O5/c1-16(31)28-20-10-6-5-9-18-11-13-21(30(18)25(20)35)24(34)29-19(12-14-22(26)32)23(33)27-15-17-7-3-2-4-8-17/h2-4,7-8,18-21H,5-6,9-15H2,1H3,(H2,26,32)(H,27,33)(H,28,31)(H,29,34)/t18?,19-,20-,21-/m0/s1. The molecule has 0 spiro atoms. The zero-order chi connectivity index (χ0) is 25.4. The van der Waals surface area contributed by atoms with Crippen LogP contribution in [-0.4, -0.2) is 58.6 Å². The lowest BCUT2D eigenvalue weighted by Gasteiger charge is -2.35. The fourth-order valence-electron chi connectivity index (χ4n) is 4.90. The van der Waals surface area contributed by atoms with Crippen LogP contribution in [0.1, 0.15) is 63.9 Å². The molecule has 5 N–H and O–H groups in total. The summed E-state index contributed by atoms with van der Waals surface area (Å²) in [6, 6.07) is 6.89. The van der Waals surface area contributed by atoms with Gasteiger partial charge in [-0.3, -0.25) is 24.0 Å². The number of benzene rings is 1. The van der Waals surface area contributed by atoms with Gasteiger partial charge in [-0.2, -0.15) is 0 Å². The molecule has 190 valence electrons. The Labute approximate surface area is 205 Å². The number of hydrogen-bond donors (Lipinski definition) is 4. The molecule has 0 bridgehead atoms. The molecule has 2 aliphatic heterocycles. The van der Waals surface area contributed by atoms with Crippen LogP contribution in [0.5, 0.6) is 0 Å². The normalized spacial score (nSPS) is 22.8. The van der Waals surface area contributed by atoms with Crippen molar-refractivity contribution in [1.82, 2.24) is 20.9 Å². The van der Waals surface area contributed by atoms with E-state index in [1.165, 1.54) is 6.92 Å². The number of fused-ring (bicyclic) bond motifs is 1. The van der Waals surface area contributed by atoms with Crippen LogP contribution in [0.25, 0.3) is 0 Å². The number of nitrogens with two attached hydrogens (primary N) is 1. The Morgan fingerprint density at radius 3 is 2.46 bits per heavy atom. The van der Waals surface area contributed by atoms with E-state index in [4.69, 9.17) is 5.73 Å². The van der Waals surface area contributed by atoms with E-state index in [1.54, 1.807) is 4.90 Å².